The van der Waals surface area contributed by atoms with Crippen molar-refractivity contribution in [2.45, 2.75) is 83.1 Å². The Labute approximate surface area is 252 Å². The number of likely N-dealkylation sites (tertiary alicyclic amines) is 1. The Morgan fingerprint density at radius 1 is 1.02 bits per heavy atom. The second-order valence-corrected chi connectivity index (χ2v) is 11.5. The fraction of sp³-hybridized carbons (Fsp3) is 0.469. The van der Waals surface area contributed by atoms with Crippen molar-refractivity contribution >= 4 is 12.0 Å². The lowest BCUT2D eigenvalue weighted by atomic mass is 10.0. The maximum absolute atomic E-state index is 13.9. The van der Waals surface area contributed by atoms with Crippen LogP contribution in [0.1, 0.15) is 77.8 Å². The van der Waals surface area contributed by atoms with Crippen molar-refractivity contribution in [1.82, 2.24) is 15.0 Å². The van der Waals surface area contributed by atoms with Gasteiger partial charge in [-0.15, -0.1) is 13.2 Å². The molecule has 0 radical (unpaired) electrons. The molecule has 12 heteroatoms. The lowest BCUT2D eigenvalue weighted by Crippen LogP contribution is -2.48. The van der Waals surface area contributed by atoms with E-state index in [4.69, 9.17) is 14.0 Å². The van der Waals surface area contributed by atoms with E-state index in [9.17, 15) is 22.8 Å². The highest BCUT2D eigenvalue weighted by Crippen LogP contribution is 2.45. The number of hydrogen-bond donors (Lipinski definition) is 0. The molecule has 1 aromatic heterocycles. The summed E-state index contributed by atoms with van der Waals surface area (Å²) < 4.78 is 60.3. The number of carbonyl (C=O) groups excluding carboxylic acids is 2. The van der Waals surface area contributed by atoms with Crippen molar-refractivity contribution in [1.29, 1.82) is 0 Å². The Bertz CT molecular complexity index is 1540. The quantitative estimate of drug-likeness (QED) is 0.245. The highest BCUT2D eigenvalue weighted by atomic mass is 19.4. The first-order valence-electron chi connectivity index (χ1n) is 14.9. The second-order valence-electron chi connectivity index (χ2n) is 11.5. The highest BCUT2D eigenvalue weighted by molar-refractivity contribution is 5.89. The third-order valence-corrected chi connectivity index (χ3v) is 8.62. The summed E-state index contributed by atoms with van der Waals surface area (Å²) in [7, 11) is 1.34. The van der Waals surface area contributed by atoms with Crippen LogP contribution in [0.3, 0.4) is 0 Å². The zero-order valence-corrected chi connectivity index (χ0v) is 24.6. The number of halogens is 3. The molecule has 2 aliphatic heterocycles. The van der Waals surface area contributed by atoms with Crippen molar-refractivity contribution < 1.29 is 41.5 Å². The van der Waals surface area contributed by atoms with E-state index in [2.05, 4.69) is 16.8 Å². The molecule has 0 spiro atoms. The van der Waals surface area contributed by atoms with E-state index in [0.717, 1.165) is 43.2 Å². The topological polar surface area (TPSA) is 94.3 Å². The first-order valence-corrected chi connectivity index (χ1v) is 14.9. The van der Waals surface area contributed by atoms with Crippen LogP contribution in [0.15, 0.2) is 47.0 Å². The molecule has 1 aliphatic carbocycles. The zero-order valence-electron chi connectivity index (χ0n) is 24.6. The average molecular weight is 614 g/mol. The number of alkyl halides is 3. The van der Waals surface area contributed by atoms with Crippen molar-refractivity contribution in [3.05, 3.63) is 70.5 Å². The molecule has 2 fully saturated rings. The van der Waals surface area contributed by atoms with Crippen LogP contribution in [-0.4, -0.2) is 59.1 Å². The van der Waals surface area contributed by atoms with E-state index >= 15 is 0 Å². The SMILES string of the molecule is CCC1CCC(COCc2c(-c3ccccc3OC(F)(F)F)noc2C2CC2)N1C(=O)N1Cc2ccc(C(=O)OC)cc2C1. The summed E-state index contributed by atoms with van der Waals surface area (Å²) in [6.07, 6.45) is -0.629. The fourth-order valence-electron chi connectivity index (χ4n) is 6.29. The standard InChI is InChI=1S/C32H34F3N3O6/c1-3-23-12-13-24(38(23)31(40)37-15-21-11-10-20(30(39)41-2)14-22(21)16-37)17-42-18-26-28(36-44-29(26)19-8-9-19)25-6-4-5-7-27(25)43-32(33,34)35/h4-7,10-11,14,19,23-24H,3,8-9,12-13,15-18H2,1-2H3. The van der Waals surface area contributed by atoms with Crippen molar-refractivity contribution in [3.8, 4) is 17.0 Å². The molecule has 3 aliphatic rings. The van der Waals surface area contributed by atoms with Gasteiger partial charge in [-0.3, -0.25) is 0 Å². The normalized spacial score (nSPS) is 19.8. The van der Waals surface area contributed by atoms with Crippen LogP contribution in [0.4, 0.5) is 18.0 Å². The number of methoxy groups -OCH3 is 1. The molecule has 6 rings (SSSR count). The lowest BCUT2D eigenvalue weighted by Gasteiger charge is -2.33. The largest absolute Gasteiger partial charge is 0.573 e. The Hall–Kier alpha value is -4.06. The van der Waals surface area contributed by atoms with Gasteiger partial charge in [-0.2, -0.15) is 0 Å². The molecular formula is C32H34F3N3O6. The van der Waals surface area contributed by atoms with Crippen LogP contribution in [-0.2, 0) is 29.2 Å². The molecule has 2 amide bonds. The molecular weight excluding hydrogens is 579 g/mol. The van der Waals surface area contributed by atoms with Gasteiger partial charge in [-0.25, -0.2) is 9.59 Å². The number of para-hydroxylation sites is 1. The smallest absolute Gasteiger partial charge is 0.465 e. The summed E-state index contributed by atoms with van der Waals surface area (Å²) in [6.45, 7) is 3.23. The number of carbonyl (C=O) groups is 2. The molecule has 44 heavy (non-hydrogen) atoms. The van der Waals surface area contributed by atoms with Crippen molar-refractivity contribution in [3.63, 3.8) is 0 Å². The third-order valence-electron chi connectivity index (χ3n) is 8.62. The number of nitrogens with zero attached hydrogens (tertiary/aromatic N) is 3. The molecule has 1 saturated carbocycles. The number of aromatic nitrogens is 1. The van der Waals surface area contributed by atoms with Gasteiger partial charge in [0.15, 0.2) is 0 Å². The summed E-state index contributed by atoms with van der Waals surface area (Å²) >= 11 is 0. The number of hydrogen-bond acceptors (Lipinski definition) is 7. The lowest BCUT2D eigenvalue weighted by molar-refractivity contribution is -0.274. The van der Waals surface area contributed by atoms with E-state index in [-0.39, 0.29) is 54.3 Å². The first-order chi connectivity index (χ1) is 21.2. The number of rotatable bonds is 9. The van der Waals surface area contributed by atoms with Gasteiger partial charge >= 0.3 is 18.4 Å². The summed E-state index contributed by atoms with van der Waals surface area (Å²) in [4.78, 5) is 29.6. The summed E-state index contributed by atoms with van der Waals surface area (Å²) in [5.41, 5.74) is 3.40. The summed E-state index contributed by atoms with van der Waals surface area (Å²) in [5, 5.41) is 4.15. The molecule has 3 aromatic rings. The molecule has 0 bridgehead atoms. The summed E-state index contributed by atoms with van der Waals surface area (Å²) in [6, 6.07) is 11.0. The van der Waals surface area contributed by atoms with Gasteiger partial charge in [0.2, 0.25) is 0 Å². The van der Waals surface area contributed by atoms with Crippen LogP contribution in [0.5, 0.6) is 5.75 Å². The van der Waals surface area contributed by atoms with E-state index in [1.165, 1.54) is 25.3 Å². The van der Waals surface area contributed by atoms with Gasteiger partial charge < -0.3 is 28.5 Å². The summed E-state index contributed by atoms with van der Waals surface area (Å²) in [5.74, 6) is -0.0111. The Kier molecular flexibility index (Phi) is 8.28. The molecule has 9 nitrogen and oxygen atoms in total. The van der Waals surface area contributed by atoms with Gasteiger partial charge in [0.25, 0.3) is 0 Å². The van der Waals surface area contributed by atoms with Crippen molar-refractivity contribution in [2.75, 3.05) is 13.7 Å². The Morgan fingerprint density at radius 3 is 2.50 bits per heavy atom. The monoisotopic (exact) mass is 613 g/mol. The number of urea groups is 1. The van der Waals surface area contributed by atoms with Gasteiger partial charge in [0.1, 0.15) is 17.2 Å². The number of fused-ring (bicyclic) bond motifs is 1. The van der Waals surface area contributed by atoms with Crippen LogP contribution in [0.25, 0.3) is 11.3 Å². The predicted molar refractivity (Wildman–Crippen MR) is 152 cm³/mol. The Morgan fingerprint density at radius 2 is 1.77 bits per heavy atom. The van der Waals surface area contributed by atoms with Gasteiger partial charge in [-0.1, -0.05) is 30.3 Å². The maximum atomic E-state index is 13.9. The molecule has 3 heterocycles. The van der Waals surface area contributed by atoms with Crippen molar-refractivity contribution in [2.24, 2.45) is 0 Å². The minimum absolute atomic E-state index is 0.0602. The second kappa shape index (κ2) is 12.1. The van der Waals surface area contributed by atoms with Crippen LogP contribution in [0, 0.1) is 0 Å². The number of amides is 2. The van der Waals surface area contributed by atoms with Crippen LogP contribution >= 0.6 is 0 Å². The third kappa shape index (κ3) is 6.12. The number of benzene rings is 2. The predicted octanol–water partition coefficient (Wildman–Crippen LogP) is 6.80. The van der Waals surface area contributed by atoms with E-state index < -0.39 is 12.3 Å². The zero-order chi connectivity index (χ0) is 31.0. The van der Waals surface area contributed by atoms with E-state index in [1.807, 2.05) is 11.0 Å². The molecule has 1 saturated heterocycles. The van der Waals surface area contributed by atoms with Gasteiger partial charge in [-0.05, 0) is 67.5 Å². The van der Waals surface area contributed by atoms with E-state index in [0.29, 0.717) is 30.0 Å². The van der Waals surface area contributed by atoms with Gasteiger partial charge in [0.05, 0.1) is 31.9 Å². The minimum Gasteiger partial charge on any atom is -0.465 e. The maximum Gasteiger partial charge on any atom is 0.573 e. The van der Waals surface area contributed by atoms with E-state index in [1.54, 1.807) is 23.1 Å². The Balaban J connectivity index is 1.17. The molecule has 2 atom stereocenters. The first kappa shape index (κ1) is 30.0. The fourth-order valence-corrected chi connectivity index (χ4v) is 6.29. The molecule has 0 N–H and O–H groups in total. The average Bonchev–Trinajstić information content (AvgIpc) is 3.42. The molecule has 2 unspecified atom stereocenters. The van der Waals surface area contributed by atoms with Crippen LogP contribution in [0.2, 0.25) is 0 Å². The molecule has 2 aromatic carbocycles. The molecule has 234 valence electrons. The van der Waals surface area contributed by atoms with Crippen LogP contribution < -0.4 is 4.74 Å². The number of esters is 1. The number of ether oxygens (including phenoxy) is 3. The van der Waals surface area contributed by atoms with Gasteiger partial charge in [0, 0.05) is 36.2 Å². The highest BCUT2D eigenvalue weighted by Gasteiger charge is 2.40. The minimum atomic E-state index is -4.86.